The molecule has 16 heavy (non-hydrogen) atoms. The molecule has 0 atom stereocenters. The minimum atomic E-state index is 0.323. The maximum atomic E-state index is 5.56. The van der Waals surface area contributed by atoms with Gasteiger partial charge in [-0.1, -0.05) is 20.8 Å². The van der Waals surface area contributed by atoms with Crippen LogP contribution in [-0.2, 0) is 13.1 Å². The Morgan fingerprint density at radius 2 is 2.00 bits per heavy atom. The lowest BCUT2D eigenvalue weighted by Gasteiger charge is -2.26. The van der Waals surface area contributed by atoms with Gasteiger partial charge in [0.2, 0.25) is 0 Å². The van der Waals surface area contributed by atoms with Crippen molar-refractivity contribution in [2.24, 2.45) is 11.1 Å². The van der Waals surface area contributed by atoms with Crippen molar-refractivity contribution in [2.75, 3.05) is 13.6 Å². The minimum absolute atomic E-state index is 0.323. The van der Waals surface area contributed by atoms with Gasteiger partial charge in [-0.05, 0) is 25.5 Å². The highest BCUT2D eigenvalue weighted by atomic mass is 16.3. The van der Waals surface area contributed by atoms with E-state index in [-0.39, 0.29) is 0 Å². The van der Waals surface area contributed by atoms with Crippen LogP contribution in [0.4, 0.5) is 0 Å². The maximum absolute atomic E-state index is 5.56. The summed E-state index contributed by atoms with van der Waals surface area (Å²) in [5.41, 5.74) is 7.12. The second-order valence-electron chi connectivity index (χ2n) is 5.73. The third-order valence-electron chi connectivity index (χ3n) is 2.46. The Labute approximate surface area is 98.6 Å². The smallest absolute Gasteiger partial charge is 0.118 e. The van der Waals surface area contributed by atoms with E-state index in [1.807, 2.05) is 6.92 Å². The molecule has 0 radical (unpaired) electrons. The molecule has 0 unspecified atom stereocenters. The lowest BCUT2D eigenvalue weighted by atomic mass is 9.96. The van der Waals surface area contributed by atoms with Gasteiger partial charge in [-0.3, -0.25) is 0 Å². The van der Waals surface area contributed by atoms with Crippen LogP contribution in [0, 0.1) is 12.3 Å². The highest BCUT2D eigenvalue weighted by Crippen LogP contribution is 2.19. The molecule has 0 spiro atoms. The molecule has 0 aliphatic carbocycles. The molecule has 0 aromatic carbocycles. The largest absolute Gasteiger partial charge is 0.465 e. The normalized spacial score (nSPS) is 12.4. The first-order valence-corrected chi connectivity index (χ1v) is 5.78. The Kier molecular flexibility index (Phi) is 4.16. The number of nitrogens with two attached hydrogens (primary N) is 1. The Morgan fingerprint density at radius 1 is 1.38 bits per heavy atom. The van der Waals surface area contributed by atoms with Crippen molar-refractivity contribution in [1.29, 1.82) is 0 Å². The topological polar surface area (TPSA) is 42.4 Å². The molecular weight excluding hydrogens is 200 g/mol. The van der Waals surface area contributed by atoms with Crippen LogP contribution in [-0.4, -0.2) is 18.5 Å². The number of hydrogen-bond donors (Lipinski definition) is 1. The standard InChI is InChI=1S/C13H24N2O/c1-10-11(6-12(7-14)16-10)8-15(5)9-13(2,3)4/h6H,7-9,14H2,1-5H3. The Balaban J connectivity index is 2.62. The Morgan fingerprint density at radius 3 is 2.44 bits per heavy atom. The van der Waals surface area contributed by atoms with E-state index in [0.29, 0.717) is 12.0 Å². The number of nitrogens with zero attached hydrogens (tertiary/aromatic N) is 1. The molecule has 2 N–H and O–H groups in total. The summed E-state index contributed by atoms with van der Waals surface area (Å²) in [5.74, 6) is 1.86. The average molecular weight is 224 g/mol. The molecule has 92 valence electrons. The number of furan rings is 1. The van der Waals surface area contributed by atoms with Gasteiger partial charge < -0.3 is 15.1 Å². The monoisotopic (exact) mass is 224 g/mol. The molecule has 0 bridgehead atoms. The van der Waals surface area contributed by atoms with Crippen LogP contribution in [0.25, 0.3) is 0 Å². The van der Waals surface area contributed by atoms with Crippen molar-refractivity contribution in [2.45, 2.75) is 40.8 Å². The minimum Gasteiger partial charge on any atom is -0.465 e. The van der Waals surface area contributed by atoms with Crippen molar-refractivity contribution in [3.05, 3.63) is 23.2 Å². The van der Waals surface area contributed by atoms with Gasteiger partial charge in [-0.25, -0.2) is 0 Å². The summed E-state index contributed by atoms with van der Waals surface area (Å²) in [6.07, 6.45) is 0. The molecule has 0 aliphatic heterocycles. The van der Waals surface area contributed by atoms with Crippen molar-refractivity contribution in [3.8, 4) is 0 Å². The highest BCUT2D eigenvalue weighted by Gasteiger charge is 2.15. The number of hydrogen-bond acceptors (Lipinski definition) is 3. The van der Waals surface area contributed by atoms with Crippen molar-refractivity contribution in [1.82, 2.24) is 4.90 Å². The number of rotatable bonds is 4. The first-order chi connectivity index (χ1) is 7.31. The predicted molar refractivity (Wildman–Crippen MR) is 67.1 cm³/mol. The van der Waals surface area contributed by atoms with Crippen molar-refractivity contribution < 1.29 is 4.42 Å². The SMILES string of the molecule is Cc1oc(CN)cc1CN(C)CC(C)(C)C. The quantitative estimate of drug-likeness (QED) is 0.854. The molecule has 3 nitrogen and oxygen atoms in total. The van der Waals surface area contributed by atoms with Gasteiger partial charge >= 0.3 is 0 Å². The second kappa shape index (κ2) is 5.02. The van der Waals surface area contributed by atoms with E-state index < -0.39 is 0 Å². The fraction of sp³-hybridized carbons (Fsp3) is 0.692. The summed E-state index contributed by atoms with van der Waals surface area (Å²) in [4.78, 5) is 2.32. The molecule has 1 rings (SSSR count). The van der Waals surface area contributed by atoms with Crippen LogP contribution < -0.4 is 5.73 Å². The third kappa shape index (κ3) is 3.99. The van der Waals surface area contributed by atoms with Crippen molar-refractivity contribution >= 4 is 0 Å². The summed E-state index contributed by atoms with van der Waals surface area (Å²) in [6.45, 7) is 11.2. The molecule has 0 saturated carbocycles. The zero-order valence-electron chi connectivity index (χ0n) is 11.1. The molecule has 0 amide bonds. The van der Waals surface area contributed by atoms with Gasteiger partial charge in [0.15, 0.2) is 0 Å². The van der Waals surface area contributed by atoms with E-state index in [4.69, 9.17) is 10.2 Å². The zero-order chi connectivity index (χ0) is 12.3. The van der Waals surface area contributed by atoms with Crippen LogP contribution in [0.1, 0.15) is 37.9 Å². The molecular formula is C13H24N2O. The lowest BCUT2D eigenvalue weighted by Crippen LogP contribution is -2.28. The first-order valence-electron chi connectivity index (χ1n) is 5.78. The number of aryl methyl sites for hydroxylation is 1. The van der Waals surface area contributed by atoms with E-state index in [1.54, 1.807) is 0 Å². The van der Waals surface area contributed by atoms with Crippen LogP contribution in [0.2, 0.25) is 0 Å². The summed E-state index contributed by atoms with van der Waals surface area (Å²) < 4.78 is 5.54. The van der Waals surface area contributed by atoms with E-state index >= 15 is 0 Å². The fourth-order valence-corrected chi connectivity index (χ4v) is 2.00. The van der Waals surface area contributed by atoms with Gasteiger partial charge in [0.25, 0.3) is 0 Å². The molecule has 1 heterocycles. The second-order valence-corrected chi connectivity index (χ2v) is 5.73. The molecule has 0 aliphatic rings. The maximum Gasteiger partial charge on any atom is 0.118 e. The summed E-state index contributed by atoms with van der Waals surface area (Å²) in [5, 5.41) is 0. The lowest BCUT2D eigenvalue weighted by molar-refractivity contribution is 0.220. The molecule has 1 aromatic heterocycles. The van der Waals surface area contributed by atoms with Crippen LogP contribution in [0.15, 0.2) is 10.5 Å². The predicted octanol–water partition coefficient (Wildman–Crippen LogP) is 2.52. The van der Waals surface area contributed by atoms with Crippen LogP contribution in [0.3, 0.4) is 0 Å². The van der Waals surface area contributed by atoms with Gasteiger partial charge in [0, 0.05) is 18.7 Å². The van der Waals surface area contributed by atoms with Gasteiger partial charge in [0.05, 0.1) is 6.54 Å². The van der Waals surface area contributed by atoms with E-state index in [9.17, 15) is 0 Å². The van der Waals surface area contributed by atoms with Crippen LogP contribution in [0.5, 0.6) is 0 Å². The van der Waals surface area contributed by atoms with Crippen molar-refractivity contribution in [3.63, 3.8) is 0 Å². The van der Waals surface area contributed by atoms with E-state index in [0.717, 1.165) is 24.6 Å². The third-order valence-corrected chi connectivity index (χ3v) is 2.46. The van der Waals surface area contributed by atoms with E-state index in [1.165, 1.54) is 5.56 Å². The first kappa shape index (κ1) is 13.3. The van der Waals surface area contributed by atoms with Gasteiger partial charge in [-0.2, -0.15) is 0 Å². The highest BCUT2D eigenvalue weighted by molar-refractivity contribution is 5.20. The van der Waals surface area contributed by atoms with Gasteiger partial charge in [-0.15, -0.1) is 0 Å². The molecule has 3 heteroatoms. The fourth-order valence-electron chi connectivity index (χ4n) is 2.00. The van der Waals surface area contributed by atoms with E-state index in [2.05, 4.69) is 38.8 Å². The Bertz CT molecular complexity index is 336. The molecule has 0 saturated heterocycles. The average Bonchev–Trinajstić information content (AvgIpc) is 2.44. The molecule has 1 aromatic rings. The zero-order valence-corrected chi connectivity index (χ0v) is 11.1. The summed E-state index contributed by atoms with van der Waals surface area (Å²) >= 11 is 0. The molecule has 0 fully saturated rings. The van der Waals surface area contributed by atoms with Crippen LogP contribution >= 0.6 is 0 Å². The van der Waals surface area contributed by atoms with Gasteiger partial charge in [0.1, 0.15) is 11.5 Å². The Hall–Kier alpha value is -0.800. The summed E-state index contributed by atoms with van der Waals surface area (Å²) in [6, 6.07) is 2.06. The summed E-state index contributed by atoms with van der Waals surface area (Å²) in [7, 11) is 2.14.